The Morgan fingerprint density at radius 3 is 1.81 bits per heavy atom. The molecule has 0 unspecified atom stereocenters. The standard InChI is InChI=1S/C44H27NO2S/c1-3-13-29(14-4-1)44(30-15-5-2-6-16-30)35-20-10-9-18-32(35)34-26-40-41(27-36(34)44)46-38-24-23-28(25-39(38)47-40)31-17-7-8-19-33(31)43-45-37-21-11-12-22-42(37)48-43/h1-27H. The van der Waals surface area contributed by atoms with Crippen molar-refractivity contribution in [3.63, 3.8) is 0 Å². The van der Waals surface area contributed by atoms with Gasteiger partial charge in [-0.25, -0.2) is 4.98 Å². The Labute approximate surface area is 282 Å². The number of hydrogen-bond acceptors (Lipinski definition) is 4. The van der Waals surface area contributed by atoms with E-state index in [1.807, 2.05) is 12.1 Å². The second kappa shape index (κ2) is 10.5. The van der Waals surface area contributed by atoms with E-state index >= 15 is 0 Å². The molecular formula is C44H27NO2S. The zero-order valence-electron chi connectivity index (χ0n) is 25.8. The molecule has 2 heterocycles. The van der Waals surface area contributed by atoms with Gasteiger partial charge in [0, 0.05) is 5.56 Å². The van der Waals surface area contributed by atoms with Crippen LogP contribution in [-0.2, 0) is 5.41 Å². The molecule has 226 valence electrons. The molecule has 1 aliphatic heterocycles. The molecule has 0 radical (unpaired) electrons. The van der Waals surface area contributed by atoms with Crippen LogP contribution in [0.25, 0.3) is 43.0 Å². The van der Waals surface area contributed by atoms with Crippen LogP contribution in [-0.4, -0.2) is 4.98 Å². The van der Waals surface area contributed by atoms with Crippen molar-refractivity contribution < 1.29 is 9.47 Å². The van der Waals surface area contributed by atoms with Crippen LogP contribution in [0.3, 0.4) is 0 Å². The summed E-state index contributed by atoms with van der Waals surface area (Å²) in [6.07, 6.45) is 0. The highest BCUT2D eigenvalue weighted by molar-refractivity contribution is 7.21. The van der Waals surface area contributed by atoms with E-state index < -0.39 is 5.41 Å². The van der Waals surface area contributed by atoms with E-state index in [0.717, 1.165) is 32.8 Å². The van der Waals surface area contributed by atoms with Crippen LogP contribution < -0.4 is 9.47 Å². The third-order valence-corrected chi connectivity index (χ3v) is 10.7. The van der Waals surface area contributed by atoms with Crippen molar-refractivity contribution in [2.45, 2.75) is 5.41 Å². The zero-order chi connectivity index (χ0) is 31.7. The summed E-state index contributed by atoms with van der Waals surface area (Å²) in [4.78, 5) is 4.96. The van der Waals surface area contributed by atoms with Crippen molar-refractivity contribution in [2.24, 2.45) is 0 Å². The minimum atomic E-state index is -0.499. The molecule has 7 aromatic carbocycles. The average molecular weight is 634 g/mol. The molecule has 1 aliphatic carbocycles. The summed E-state index contributed by atoms with van der Waals surface area (Å²) < 4.78 is 14.6. The van der Waals surface area contributed by atoms with Gasteiger partial charge < -0.3 is 9.47 Å². The van der Waals surface area contributed by atoms with Gasteiger partial charge >= 0.3 is 0 Å². The van der Waals surface area contributed by atoms with E-state index in [1.165, 1.54) is 32.5 Å². The minimum Gasteiger partial charge on any atom is -0.450 e. The molecule has 2 aliphatic rings. The monoisotopic (exact) mass is 633 g/mol. The summed E-state index contributed by atoms with van der Waals surface area (Å²) in [6.45, 7) is 0. The number of ether oxygens (including phenoxy) is 2. The zero-order valence-corrected chi connectivity index (χ0v) is 26.6. The number of hydrogen-bond donors (Lipinski definition) is 0. The molecule has 0 amide bonds. The van der Waals surface area contributed by atoms with Crippen LogP contribution in [0.1, 0.15) is 22.3 Å². The molecule has 0 saturated carbocycles. The number of nitrogens with zero attached hydrogens (tertiary/aromatic N) is 1. The predicted molar refractivity (Wildman–Crippen MR) is 194 cm³/mol. The van der Waals surface area contributed by atoms with E-state index in [-0.39, 0.29) is 0 Å². The SMILES string of the molecule is c1ccc(C2(c3ccccc3)c3ccccc3-c3cc4c(cc32)Oc2ccc(-c3ccccc3-c3nc5ccccc5s3)cc2O4)cc1. The summed E-state index contributed by atoms with van der Waals surface area (Å²) >= 11 is 1.71. The fourth-order valence-electron chi connectivity index (χ4n) is 7.59. The normalized spacial score (nSPS) is 13.5. The van der Waals surface area contributed by atoms with E-state index in [1.54, 1.807) is 11.3 Å². The largest absolute Gasteiger partial charge is 0.450 e. The second-order valence-electron chi connectivity index (χ2n) is 12.3. The molecule has 0 atom stereocenters. The highest BCUT2D eigenvalue weighted by Crippen LogP contribution is 2.59. The van der Waals surface area contributed by atoms with Gasteiger partial charge in [-0.15, -0.1) is 11.3 Å². The van der Waals surface area contributed by atoms with Gasteiger partial charge in [0.1, 0.15) is 5.01 Å². The number of benzene rings is 7. The van der Waals surface area contributed by atoms with Crippen LogP contribution in [0, 0.1) is 0 Å². The minimum absolute atomic E-state index is 0.499. The molecule has 48 heavy (non-hydrogen) atoms. The Kier molecular flexibility index (Phi) is 5.96. The molecule has 1 aromatic heterocycles. The third-order valence-electron chi connectivity index (χ3n) is 9.67. The summed E-state index contributed by atoms with van der Waals surface area (Å²) in [5.41, 5.74) is 11.0. The molecule has 4 heteroatoms. The maximum Gasteiger partial charge on any atom is 0.170 e. The molecule has 0 bridgehead atoms. The highest BCUT2D eigenvalue weighted by Gasteiger charge is 2.47. The van der Waals surface area contributed by atoms with Gasteiger partial charge in [0.15, 0.2) is 23.0 Å². The lowest BCUT2D eigenvalue weighted by molar-refractivity contribution is 0.359. The Bertz CT molecular complexity index is 2450. The summed E-state index contributed by atoms with van der Waals surface area (Å²) in [5, 5.41) is 1.00. The molecule has 10 rings (SSSR count). The lowest BCUT2D eigenvalue weighted by atomic mass is 9.67. The molecule has 0 fully saturated rings. The fraction of sp³-hybridized carbons (Fsp3) is 0.0227. The van der Waals surface area contributed by atoms with E-state index in [2.05, 4.69) is 152 Å². The number of para-hydroxylation sites is 1. The lowest BCUT2D eigenvalue weighted by Gasteiger charge is -2.34. The number of aromatic nitrogens is 1. The van der Waals surface area contributed by atoms with Crippen LogP contribution in [0.2, 0.25) is 0 Å². The molecular weight excluding hydrogens is 607 g/mol. The van der Waals surface area contributed by atoms with Gasteiger partial charge in [-0.05, 0) is 80.9 Å². The van der Waals surface area contributed by atoms with Crippen LogP contribution in [0.5, 0.6) is 23.0 Å². The van der Waals surface area contributed by atoms with Gasteiger partial charge in [0.05, 0.1) is 15.6 Å². The Morgan fingerprint density at radius 2 is 1.04 bits per heavy atom. The molecule has 0 saturated heterocycles. The maximum absolute atomic E-state index is 6.72. The van der Waals surface area contributed by atoms with Gasteiger partial charge in [-0.3, -0.25) is 0 Å². The van der Waals surface area contributed by atoms with E-state index in [4.69, 9.17) is 14.5 Å². The molecule has 3 nitrogen and oxygen atoms in total. The van der Waals surface area contributed by atoms with Gasteiger partial charge in [0.25, 0.3) is 0 Å². The Hall–Kier alpha value is -5.97. The predicted octanol–water partition coefficient (Wildman–Crippen LogP) is 11.9. The summed E-state index contributed by atoms with van der Waals surface area (Å²) in [5.74, 6) is 2.82. The number of thiazole rings is 1. The summed E-state index contributed by atoms with van der Waals surface area (Å²) in [7, 11) is 0. The van der Waals surface area contributed by atoms with Crippen molar-refractivity contribution in [1.82, 2.24) is 4.98 Å². The third kappa shape index (κ3) is 3.96. The van der Waals surface area contributed by atoms with Crippen LogP contribution in [0.4, 0.5) is 0 Å². The van der Waals surface area contributed by atoms with Crippen molar-refractivity contribution in [3.8, 4) is 55.8 Å². The van der Waals surface area contributed by atoms with Gasteiger partial charge in [-0.1, -0.05) is 127 Å². The first-order valence-electron chi connectivity index (χ1n) is 16.1. The van der Waals surface area contributed by atoms with Gasteiger partial charge in [0.2, 0.25) is 0 Å². The van der Waals surface area contributed by atoms with Crippen molar-refractivity contribution in [2.75, 3.05) is 0 Å². The maximum atomic E-state index is 6.72. The van der Waals surface area contributed by atoms with Gasteiger partial charge in [-0.2, -0.15) is 0 Å². The first kappa shape index (κ1) is 27.2. The first-order valence-corrected chi connectivity index (χ1v) is 16.9. The highest BCUT2D eigenvalue weighted by atomic mass is 32.1. The smallest absolute Gasteiger partial charge is 0.170 e. The van der Waals surface area contributed by atoms with E-state index in [9.17, 15) is 0 Å². The number of rotatable bonds is 4. The average Bonchev–Trinajstić information content (AvgIpc) is 3.71. The summed E-state index contributed by atoms with van der Waals surface area (Å²) in [6, 6.07) is 57.7. The molecule has 8 aromatic rings. The second-order valence-corrected chi connectivity index (χ2v) is 13.3. The Morgan fingerprint density at radius 1 is 0.438 bits per heavy atom. The lowest BCUT2D eigenvalue weighted by Crippen LogP contribution is -2.28. The molecule has 0 spiro atoms. The van der Waals surface area contributed by atoms with Crippen molar-refractivity contribution in [1.29, 1.82) is 0 Å². The van der Waals surface area contributed by atoms with Crippen molar-refractivity contribution in [3.05, 3.63) is 186 Å². The fourth-order valence-corrected chi connectivity index (χ4v) is 8.60. The first-order chi connectivity index (χ1) is 23.8. The van der Waals surface area contributed by atoms with E-state index in [0.29, 0.717) is 23.0 Å². The molecule has 0 N–H and O–H groups in total. The number of fused-ring (bicyclic) bond motifs is 6. The Balaban J connectivity index is 1.10. The van der Waals surface area contributed by atoms with Crippen molar-refractivity contribution >= 4 is 21.6 Å². The van der Waals surface area contributed by atoms with Crippen LogP contribution in [0.15, 0.2) is 164 Å². The quantitative estimate of drug-likeness (QED) is 0.193. The van der Waals surface area contributed by atoms with Crippen LogP contribution >= 0.6 is 11.3 Å². The topological polar surface area (TPSA) is 31.4 Å².